The number of amides is 1. The Bertz CT molecular complexity index is 774. The highest BCUT2D eigenvalue weighted by atomic mass is 19.4. The first-order valence-corrected chi connectivity index (χ1v) is 7.52. The molecule has 0 radical (unpaired) electrons. The number of carbonyl (C=O) groups is 1. The molecule has 24 heavy (non-hydrogen) atoms. The van der Waals surface area contributed by atoms with Gasteiger partial charge >= 0.3 is 6.18 Å². The topological polar surface area (TPSA) is 54.0 Å². The van der Waals surface area contributed by atoms with Crippen LogP contribution in [0.1, 0.15) is 39.9 Å². The minimum absolute atomic E-state index is 0.0130. The SMILES string of the molecule is CC1CNCc2cc(C(=O)Nc3cncc(C(F)(F)F)c3)ccc21. The van der Waals surface area contributed by atoms with Gasteiger partial charge in [0.05, 0.1) is 17.4 Å². The second-order valence-electron chi connectivity index (χ2n) is 5.86. The summed E-state index contributed by atoms with van der Waals surface area (Å²) in [5.74, 6) is -0.101. The second-order valence-corrected chi connectivity index (χ2v) is 5.86. The molecule has 1 aliphatic heterocycles. The number of nitrogens with zero attached hydrogens (tertiary/aromatic N) is 1. The number of halogens is 3. The predicted octanol–water partition coefficient (Wildman–Crippen LogP) is 3.56. The van der Waals surface area contributed by atoms with Gasteiger partial charge in [0.15, 0.2) is 0 Å². The zero-order valence-corrected chi connectivity index (χ0v) is 12.9. The first-order valence-electron chi connectivity index (χ1n) is 7.52. The van der Waals surface area contributed by atoms with E-state index in [-0.39, 0.29) is 5.69 Å². The van der Waals surface area contributed by atoms with Crippen molar-refractivity contribution in [2.45, 2.75) is 25.6 Å². The van der Waals surface area contributed by atoms with Crippen LogP contribution in [-0.2, 0) is 12.7 Å². The van der Waals surface area contributed by atoms with Crippen LogP contribution in [0, 0.1) is 0 Å². The molecule has 2 heterocycles. The lowest BCUT2D eigenvalue weighted by Gasteiger charge is -2.23. The molecule has 126 valence electrons. The number of hydrogen-bond acceptors (Lipinski definition) is 3. The fraction of sp³-hybridized carbons (Fsp3) is 0.294. The highest BCUT2D eigenvalue weighted by molar-refractivity contribution is 6.04. The standard InChI is InChI=1S/C17H16F3N3O/c1-10-6-21-7-12-4-11(2-3-15(10)12)16(24)23-14-5-13(8-22-9-14)17(18,19)20/h2-5,8-10,21H,6-7H2,1H3,(H,23,24). The zero-order chi connectivity index (χ0) is 17.3. The largest absolute Gasteiger partial charge is 0.417 e. The van der Waals surface area contributed by atoms with Gasteiger partial charge in [0.25, 0.3) is 5.91 Å². The van der Waals surface area contributed by atoms with E-state index >= 15 is 0 Å². The van der Waals surface area contributed by atoms with Crippen LogP contribution in [0.15, 0.2) is 36.7 Å². The van der Waals surface area contributed by atoms with Crippen LogP contribution in [0.5, 0.6) is 0 Å². The Morgan fingerprint density at radius 1 is 1.29 bits per heavy atom. The highest BCUT2D eigenvalue weighted by Crippen LogP contribution is 2.30. The number of benzene rings is 1. The number of hydrogen-bond donors (Lipinski definition) is 2. The molecule has 0 saturated carbocycles. The highest BCUT2D eigenvalue weighted by Gasteiger charge is 2.31. The Hall–Kier alpha value is -2.41. The van der Waals surface area contributed by atoms with E-state index in [1.165, 1.54) is 11.8 Å². The van der Waals surface area contributed by atoms with Gasteiger partial charge < -0.3 is 10.6 Å². The van der Waals surface area contributed by atoms with Gasteiger partial charge in [-0.2, -0.15) is 13.2 Å². The van der Waals surface area contributed by atoms with Crippen LogP contribution in [0.25, 0.3) is 0 Å². The Morgan fingerprint density at radius 3 is 2.83 bits per heavy atom. The van der Waals surface area contributed by atoms with Crippen molar-refractivity contribution in [1.29, 1.82) is 0 Å². The Kier molecular flexibility index (Phi) is 4.28. The molecule has 7 heteroatoms. The van der Waals surface area contributed by atoms with Crippen LogP contribution in [0.3, 0.4) is 0 Å². The lowest BCUT2D eigenvalue weighted by molar-refractivity contribution is -0.137. The van der Waals surface area contributed by atoms with Gasteiger partial charge in [0, 0.05) is 24.8 Å². The summed E-state index contributed by atoms with van der Waals surface area (Å²) in [5, 5.41) is 5.73. The average Bonchev–Trinajstić information content (AvgIpc) is 2.54. The summed E-state index contributed by atoms with van der Waals surface area (Å²) in [6, 6.07) is 6.23. The summed E-state index contributed by atoms with van der Waals surface area (Å²) in [5.41, 5.74) is 1.74. The molecule has 0 saturated heterocycles. The molecule has 1 amide bonds. The summed E-state index contributed by atoms with van der Waals surface area (Å²) in [6.45, 7) is 3.65. The van der Waals surface area contributed by atoms with Crippen molar-refractivity contribution in [3.8, 4) is 0 Å². The third kappa shape index (κ3) is 3.41. The number of rotatable bonds is 2. The van der Waals surface area contributed by atoms with Gasteiger partial charge in [-0.3, -0.25) is 9.78 Å². The van der Waals surface area contributed by atoms with Crippen molar-refractivity contribution in [2.75, 3.05) is 11.9 Å². The number of aromatic nitrogens is 1. The van der Waals surface area contributed by atoms with Crippen molar-refractivity contribution >= 4 is 11.6 Å². The van der Waals surface area contributed by atoms with Gasteiger partial charge in [-0.15, -0.1) is 0 Å². The number of pyridine rings is 1. The van der Waals surface area contributed by atoms with E-state index in [0.29, 0.717) is 18.0 Å². The van der Waals surface area contributed by atoms with Crippen molar-refractivity contribution in [3.63, 3.8) is 0 Å². The summed E-state index contributed by atoms with van der Waals surface area (Å²) in [6.07, 6.45) is -2.59. The van der Waals surface area contributed by atoms with Gasteiger partial charge in [-0.05, 0) is 35.2 Å². The maximum Gasteiger partial charge on any atom is 0.417 e. The van der Waals surface area contributed by atoms with E-state index in [9.17, 15) is 18.0 Å². The number of carbonyl (C=O) groups excluding carboxylic acids is 1. The molecule has 1 aromatic carbocycles. The second kappa shape index (κ2) is 6.24. The zero-order valence-electron chi connectivity index (χ0n) is 12.9. The van der Waals surface area contributed by atoms with Gasteiger partial charge in [-0.1, -0.05) is 13.0 Å². The minimum atomic E-state index is -4.50. The molecule has 0 bridgehead atoms. The van der Waals surface area contributed by atoms with Crippen molar-refractivity contribution in [3.05, 3.63) is 58.9 Å². The fourth-order valence-electron chi connectivity index (χ4n) is 2.78. The molecular weight excluding hydrogens is 319 g/mol. The fourth-order valence-corrected chi connectivity index (χ4v) is 2.78. The van der Waals surface area contributed by atoms with Crippen LogP contribution in [-0.4, -0.2) is 17.4 Å². The molecule has 4 nitrogen and oxygen atoms in total. The molecule has 1 aromatic heterocycles. The van der Waals surface area contributed by atoms with Crippen LogP contribution >= 0.6 is 0 Å². The van der Waals surface area contributed by atoms with E-state index < -0.39 is 17.6 Å². The first kappa shape index (κ1) is 16.4. The Balaban J connectivity index is 1.81. The minimum Gasteiger partial charge on any atom is -0.321 e. The Labute approximate surface area is 137 Å². The van der Waals surface area contributed by atoms with Crippen LogP contribution < -0.4 is 10.6 Å². The Morgan fingerprint density at radius 2 is 2.08 bits per heavy atom. The van der Waals surface area contributed by atoms with Crippen LogP contribution in [0.2, 0.25) is 0 Å². The van der Waals surface area contributed by atoms with Gasteiger partial charge in [0.2, 0.25) is 0 Å². The van der Waals surface area contributed by atoms with E-state index in [1.807, 2.05) is 6.07 Å². The molecule has 0 aliphatic carbocycles. The normalized spacial score (nSPS) is 17.2. The molecule has 1 aliphatic rings. The number of alkyl halides is 3. The predicted molar refractivity (Wildman–Crippen MR) is 83.8 cm³/mol. The van der Waals surface area contributed by atoms with Crippen molar-refractivity contribution < 1.29 is 18.0 Å². The third-order valence-electron chi connectivity index (χ3n) is 4.03. The van der Waals surface area contributed by atoms with E-state index in [4.69, 9.17) is 0 Å². The number of anilines is 1. The van der Waals surface area contributed by atoms with Gasteiger partial charge in [-0.25, -0.2) is 0 Å². The number of fused-ring (bicyclic) bond motifs is 1. The van der Waals surface area contributed by atoms with Crippen molar-refractivity contribution in [1.82, 2.24) is 10.3 Å². The molecule has 0 spiro atoms. The lowest BCUT2D eigenvalue weighted by atomic mass is 9.91. The smallest absolute Gasteiger partial charge is 0.321 e. The van der Waals surface area contributed by atoms with Gasteiger partial charge in [0.1, 0.15) is 0 Å². The summed E-state index contributed by atoms with van der Waals surface area (Å²) in [7, 11) is 0. The van der Waals surface area contributed by atoms with E-state index in [1.54, 1.807) is 12.1 Å². The first-order chi connectivity index (χ1) is 11.3. The summed E-state index contributed by atoms with van der Waals surface area (Å²) >= 11 is 0. The van der Waals surface area contributed by atoms with Crippen LogP contribution in [0.4, 0.5) is 18.9 Å². The third-order valence-corrected chi connectivity index (χ3v) is 4.03. The molecular formula is C17H16F3N3O. The number of nitrogens with one attached hydrogen (secondary N) is 2. The van der Waals surface area contributed by atoms with E-state index in [2.05, 4.69) is 22.5 Å². The maximum atomic E-state index is 12.7. The molecule has 3 rings (SSSR count). The molecule has 1 atom stereocenters. The summed E-state index contributed by atoms with van der Waals surface area (Å²) in [4.78, 5) is 15.8. The monoisotopic (exact) mass is 335 g/mol. The molecule has 2 aromatic rings. The molecule has 1 unspecified atom stereocenters. The van der Waals surface area contributed by atoms with E-state index in [0.717, 1.165) is 24.4 Å². The average molecular weight is 335 g/mol. The summed E-state index contributed by atoms with van der Waals surface area (Å²) < 4.78 is 38.1. The molecule has 2 N–H and O–H groups in total. The quantitative estimate of drug-likeness (QED) is 0.882. The maximum absolute atomic E-state index is 12.7. The van der Waals surface area contributed by atoms with Crippen molar-refractivity contribution in [2.24, 2.45) is 0 Å². The molecule has 0 fully saturated rings. The lowest BCUT2D eigenvalue weighted by Crippen LogP contribution is -2.27.